The molecule has 0 radical (unpaired) electrons. The van der Waals surface area contributed by atoms with E-state index in [4.69, 9.17) is 0 Å². The molecule has 5 heteroatoms. The molecule has 4 nitrogen and oxygen atoms in total. The second kappa shape index (κ2) is 7.00. The van der Waals surface area contributed by atoms with Crippen LogP contribution in [0.4, 0.5) is 5.69 Å². The lowest BCUT2D eigenvalue weighted by molar-refractivity contribution is -0.115. The summed E-state index contributed by atoms with van der Waals surface area (Å²) in [7, 11) is -3.45. The minimum absolute atomic E-state index is 0.0749. The van der Waals surface area contributed by atoms with E-state index in [9.17, 15) is 13.2 Å². The van der Waals surface area contributed by atoms with E-state index in [0.29, 0.717) is 5.69 Å². The van der Waals surface area contributed by atoms with Crippen LogP contribution >= 0.6 is 0 Å². The average Bonchev–Trinajstić information content (AvgIpc) is 3.05. The molecule has 0 aromatic heterocycles. The summed E-state index contributed by atoms with van der Waals surface area (Å²) in [5.74, 6) is -0.510. The first-order chi connectivity index (χ1) is 13.0. The predicted octanol–water partition coefficient (Wildman–Crippen LogP) is 4.06. The van der Waals surface area contributed by atoms with Gasteiger partial charge in [0.15, 0.2) is 9.84 Å². The van der Waals surface area contributed by atoms with E-state index >= 15 is 0 Å². The summed E-state index contributed by atoms with van der Waals surface area (Å²) >= 11 is 0. The Morgan fingerprint density at radius 3 is 2.37 bits per heavy atom. The van der Waals surface area contributed by atoms with Crippen LogP contribution in [0.5, 0.6) is 0 Å². The number of hydrogen-bond donors (Lipinski definition) is 1. The van der Waals surface area contributed by atoms with Crippen LogP contribution in [0.25, 0.3) is 11.1 Å². The number of hydrogen-bond acceptors (Lipinski definition) is 3. The first-order valence-corrected chi connectivity index (χ1v) is 10.5. The Morgan fingerprint density at radius 1 is 0.852 bits per heavy atom. The highest BCUT2D eigenvalue weighted by Gasteiger charge is 2.19. The zero-order chi connectivity index (χ0) is 18.9. The zero-order valence-corrected chi connectivity index (χ0v) is 15.5. The molecule has 0 bridgehead atoms. The number of benzene rings is 3. The number of anilines is 1. The summed E-state index contributed by atoms with van der Waals surface area (Å²) < 4.78 is 24.6. The van der Waals surface area contributed by atoms with Gasteiger partial charge in [-0.15, -0.1) is 0 Å². The van der Waals surface area contributed by atoms with Crippen LogP contribution in [0.3, 0.4) is 0 Å². The third-order valence-electron chi connectivity index (χ3n) is 4.78. The van der Waals surface area contributed by atoms with Crippen LogP contribution in [-0.4, -0.2) is 20.1 Å². The van der Waals surface area contributed by atoms with Gasteiger partial charge in [-0.3, -0.25) is 4.79 Å². The molecule has 1 aliphatic carbocycles. The lowest BCUT2D eigenvalue weighted by atomic mass is 10.1. The van der Waals surface area contributed by atoms with Gasteiger partial charge in [-0.05, 0) is 52.9 Å². The summed E-state index contributed by atoms with van der Waals surface area (Å²) in [4.78, 5) is 12.5. The minimum atomic E-state index is -3.45. The molecule has 0 atom stereocenters. The molecule has 0 heterocycles. The van der Waals surface area contributed by atoms with Gasteiger partial charge in [-0.2, -0.15) is 0 Å². The van der Waals surface area contributed by atoms with Crippen molar-refractivity contribution in [3.05, 3.63) is 83.9 Å². The minimum Gasteiger partial charge on any atom is -0.326 e. The predicted molar refractivity (Wildman–Crippen MR) is 106 cm³/mol. The average molecular weight is 377 g/mol. The standard InChI is InChI=1S/C22H19NO3S/c24-22(12-13-27(25,26)19-7-2-1-3-8-19)23-18-10-11-21-17(15-18)14-16-6-4-5-9-20(16)21/h1-11,15H,12-14H2,(H,23,24). The van der Waals surface area contributed by atoms with Crippen LogP contribution in [0, 0.1) is 0 Å². The Hall–Kier alpha value is -2.92. The molecule has 3 aromatic rings. The summed E-state index contributed by atoms with van der Waals surface area (Å²) in [6, 6.07) is 22.3. The number of carbonyl (C=O) groups is 1. The molecular formula is C22H19NO3S. The monoisotopic (exact) mass is 377 g/mol. The van der Waals surface area contributed by atoms with Crippen molar-refractivity contribution in [2.24, 2.45) is 0 Å². The highest BCUT2D eigenvalue weighted by atomic mass is 32.2. The van der Waals surface area contributed by atoms with Gasteiger partial charge in [0.2, 0.25) is 5.91 Å². The fourth-order valence-electron chi connectivity index (χ4n) is 3.42. The van der Waals surface area contributed by atoms with Crippen LogP contribution in [-0.2, 0) is 21.1 Å². The molecule has 0 aliphatic heterocycles. The fourth-order valence-corrected chi connectivity index (χ4v) is 4.68. The van der Waals surface area contributed by atoms with Crippen molar-refractivity contribution in [1.29, 1.82) is 0 Å². The molecule has 3 aromatic carbocycles. The van der Waals surface area contributed by atoms with Gasteiger partial charge >= 0.3 is 0 Å². The number of fused-ring (bicyclic) bond motifs is 3. The lowest BCUT2D eigenvalue weighted by Gasteiger charge is -2.08. The fraction of sp³-hybridized carbons (Fsp3) is 0.136. The number of sulfone groups is 1. The van der Waals surface area contributed by atoms with Gasteiger partial charge in [-0.1, -0.05) is 48.5 Å². The lowest BCUT2D eigenvalue weighted by Crippen LogP contribution is -2.17. The molecule has 0 spiro atoms. The number of rotatable bonds is 5. The largest absolute Gasteiger partial charge is 0.326 e. The molecule has 0 saturated carbocycles. The normalized spacial score (nSPS) is 12.3. The van der Waals surface area contributed by atoms with Gasteiger partial charge in [0, 0.05) is 12.1 Å². The number of amides is 1. The summed E-state index contributed by atoms with van der Waals surface area (Å²) in [5.41, 5.74) is 5.58. The van der Waals surface area contributed by atoms with Gasteiger partial charge in [-0.25, -0.2) is 8.42 Å². The third kappa shape index (κ3) is 3.64. The van der Waals surface area contributed by atoms with E-state index in [1.54, 1.807) is 30.3 Å². The van der Waals surface area contributed by atoms with E-state index in [1.165, 1.54) is 22.3 Å². The molecule has 1 N–H and O–H groups in total. The molecule has 1 amide bonds. The highest BCUT2D eigenvalue weighted by molar-refractivity contribution is 7.91. The van der Waals surface area contributed by atoms with Crippen LogP contribution in [0.1, 0.15) is 17.5 Å². The van der Waals surface area contributed by atoms with E-state index < -0.39 is 9.84 Å². The Morgan fingerprint density at radius 2 is 1.56 bits per heavy atom. The van der Waals surface area contributed by atoms with E-state index in [0.717, 1.165) is 6.42 Å². The van der Waals surface area contributed by atoms with Crippen molar-refractivity contribution in [3.8, 4) is 11.1 Å². The summed E-state index contributed by atoms with van der Waals surface area (Å²) in [6.07, 6.45) is 0.770. The zero-order valence-electron chi connectivity index (χ0n) is 14.7. The second-order valence-electron chi connectivity index (χ2n) is 6.64. The molecule has 1 aliphatic rings. The van der Waals surface area contributed by atoms with E-state index in [1.807, 2.05) is 30.3 Å². The first-order valence-electron chi connectivity index (χ1n) is 8.82. The maximum absolute atomic E-state index is 12.3. The van der Waals surface area contributed by atoms with Crippen molar-refractivity contribution < 1.29 is 13.2 Å². The van der Waals surface area contributed by atoms with Gasteiger partial charge < -0.3 is 5.32 Å². The van der Waals surface area contributed by atoms with Gasteiger partial charge in [0.1, 0.15) is 0 Å². The summed E-state index contributed by atoms with van der Waals surface area (Å²) in [5, 5.41) is 2.82. The third-order valence-corrected chi connectivity index (χ3v) is 6.51. The Bertz CT molecular complexity index is 1110. The maximum Gasteiger partial charge on any atom is 0.225 e. The smallest absolute Gasteiger partial charge is 0.225 e. The number of carbonyl (C=O) groups excluding carboxylic acids is 1. The van der Waals surface area contributed by atoms with Crippen molar-refractivity contribution in [1.82, 2.24) is 0 Å². The molecule has 27 heavy (non-hydrogen) atoms. The van der Waals surface area contributed by atoms with Crippen molar-refractivity contribution in [3.63, 3.8) is 0 Å². The summed E-state index contributed by atoms with van der Waals surface area (Å²) in [6.45, 7) is 0. The first kappa shape index (κ1) is 17.5. The van der Waals surface area contributed by atoms with Gasteiger partial charge in [0.25, 0.3) is 0 Å². The van der Waals surface area contributed by atoms with Gasteiger partial charge in [0.05, 0.1) is 10.6 Å². The van der Waals surface area contributed by atoms with E-state index in [-0.39, 0.29) is 23.0 Å². The maximum atomic E-state index is 12.3. The molecule has 0 unspecified atom stereocenters. The Kier molecular flexibility index (Phi) is 4.54. The molecule has 0 fully saturated rings. The number of nitrogens with one attached hydrogen (secondary N) is 1. The molecular weight excluding hydrogens is 358 g/mol. The molecule has 4 rings (SSSR count). The topological polar surface area (TPSA) is 63.2 Å². The van der Waals surface area contributed by atoms with Crippen molar-refractivity contribution in [2.45, 2.75) is 17.7 Å². The quantitative estimate of drug-likeness (QED) is 0.570. The molecule has 0 saturated heterocycles. The second-order valence-corrected chi connectivity index (χ2v) is 8.75. The molecule has 136 valence electrons. The Balaban J connectivity index is 1.42. The van der Waals surface area contributed by atoms with Crippen molar-refractivity contribution >= 4 is 21.4 Å². The van der Waals surface area contributed by atoms with E-state index in [2.05, 4.69) is 17.4 Å². The SMILES string of the molecule is O=C(CCS(=O)(=O)c1ccccc1)Nc1ccc2c(c1)Cc1ccccc1-2. The van der Waals surface area contributed by atoms with Crippen LogP contribution in [0.2, 0.25) is 0 Å². The highest BCUT2D eigenvalue weighted by Crippen LogP contribution is 2.37. The van der Waals surface area contributed by atoms with Crippen molar-refractivity contribution in [2.75, 3.05) is 11.1 Å². The Labute approximate surface area is 158 Å². The van der Waals surface area contributed by atoms with Crippen LogP contribution in [0.15, 0.2) is 77.7 Å². The van der Waals surface area contributed by atoms with Crippen LogP contribution < -0.4 is 5.32 Å².